The summed E-state index contributed by atoms with van der Waals surface area (Å²) in [6, 6.07) is 8.51. The summed E-state index contributed by atoms with van der Waals surface area (Å²) >= 11 is 0. The minimum absolute atomic E-state index is 0.224. The van der Waals surface area contributed by atoms with Crippen LogP contribution < -0.4 is 5.32 Å². The van der Waals surface area contributed by atoms with Crippen molar-refractivity contribution in [3.63, 3.8) is 0 Å². The third-order valence-corrected chi connectivity index (χ3v) is 2.96. The van der Waals surface area contributed by atoms with Gasteiger partial charge in [0.15, 0.2) is 0 Å². The van der Waals surface area contributed by atoms with E-state index in [2.05, 4.69) is 5.32 Å². The van der Waals surface area contributed by atoms with Crippen molar-refractivity contribution in [1.29, 1.82) is 0 Å². The number of nitrogens with zero attached hydrogens (tertiary/aromatic N) is 1. The largest absolute Gasteiger partial charge is 0.375 e. The quantitative estimate of drug-likeness (QED) is 0.816. The van der Waals surface area contributed by atoms with E-state index in [1.165, 1.54) is 0 Å². The SMILES string of the molecule is CC(COCc1ccccc1)N1C(=O)CC(=O)NC1=O. The summed E-state index contributed by atoms with van der Waals surface area (Å²) in [5.41, 5.74) is 1.02. The molecule has 6 heteroatoms. The second-order valence-electron chi connectivity index (χ2n) is 4.64. The van der Waals surface area contributed by atoms with Gasteiger partial charge in [-0.1, -0.05) is 30.3 Å². The van der Waals surface area contributed by atoms with Gasteiger partial charge in [0, 0.05) is 0 Å². The molecule has 1 saturated heterocycles. The zero-order chi connectivity index (χ0) is 14.5. The van der Waals surface area contributed by atoms with Crippen molar-refractivity contribution in [2.45, 2.75) is 26.0 Å². The van der Waals surface area contributed by atoms with Crippen LogP contribution in [0.5, 0.6) is 0 Å². The number of carbonyl (C=O) groups is 3. The molecule has 0 radical (unpaired) electrons. The van der Waals surface area contributed by atoms with Gasteiger partial charge in [0.05, 0.1) is 19.3 Å². The number of urea groups is 1. The first-order chi connectivity index (χ1) is 9.58. The van der Waals surface area contributed by atoms with Crippen LogP contribution in [0.25, 0.3) is 0 Å². The number of nitrogens with one attached hydrogen (secondary N) is 1. The lowest BCUT2D eigenvalue weighted by molar-refractivity contribution is -0.138. The molecule has 0 aliphatic carbocycles. The normalized spacial score (nSPS) is 17.1. The van der Waals surface area contributed by atoms with Crippen molar-refractivity contribution in [3.8, 4) is 0 Å². The molecule has 20 heavy (non-hydrogen) atoms. The van der Waals surface area contributed by atoms with E-state index in [0.717, 1.165) is 10.5 Å². The van der Waals surface area contributed by atoms with Crippen LogP contribution in [-0.4, -0.2) is 35.4 Å². The van der Waals surface area contributed by atoms with E-state index in [4.69, 9.17) is 4.74 Å². The monoisotopic (exact) mass is 276 g/mol. The van der Waals surface area contributed by atoms with E-state index in [1.54, 1.807) is 6.92 Å². The summed E-state index contributed by atoms with van der Waals surface area (Å²) in [6.07, 6.45) is -0.297. The number of benzene rings is 1. The number of rotatable bonds is 5. The van der Waals surface area contributed by atoms with Gasteiger partial charge in [-0.05, 0) is 12.5 Å². The van der Waals surface area contributed by atoms with Gasteiger partial charge >= 0.3 is 6.03 Å². The van der Waals surface area contributed by atoms with Gasteiger partial charge in [0.2, 0.25) is 11.8 Å². The van der Waals surface area contributed by atoms with E-state index < -0.39 is 23.9 Å². The van der Waals surface area contributed by atoms with Crippen molar-refractivity contribution in [3.05, 3.63) is 35.9 Å². The lowest BCUT2D eigenvalue weighted by Gasteiger charge is -2.30. The average molecular weight is 276 g/mol. The number of ether oxygens (including phenoxy) is 1. The molecule has 1 aromatic carbocycles. The van der Waals surface area contributed by atoms with E-state index in [9.17, 15) is 14.4 Å². The molecular weight excluding hydrogens is 260 g/mol. The topological polar surface area (TPSA) is 75.7 Å². The highest BCUT2D eigenvalue weighted by Gasteiger charge is 2.34. The molecule has 1 atom stereocenters. The zero-order valence-corrected chi connectivity index (χ0v) is 11.2. The Balaban J connectivity index is 1.85. The Morgan fingerprint density at radius 3 is 2.60 bits per heavy atom. The van der Waals surface area contributed by atoms with Crippen LogP contribution in [0.3, 0.4) is 0 Å². The molecule has 2 rings (SSSR count). The maximum atomic E-state index is 11.7. The second kappa shape index (κ2) is 6.29. The molecule has 1 aromatic rings. The van der Waals surface area contributed by atoms with Crippen molar-refractivity contribution < 1.29 is 19.1 Å². The van der Waals surface area contributed by atoms with E-state index in [0.29, 0.717) is 6.61 Å². The molecule has 1 aliphatic heterocycles. The van der Waals surface area contributed by atoms with Crippen LogP contribution in [0, 0.1) is 0 Å². The van der Waals surface area contributed by atoms with E-state index >= 15 is 0 Å². The number of hydrogen-bond donors (Lipinski definition) is 1. The highest BCUT2D eigenvalue weighted by Crippen LogP contribution is 2.09. The van der Waals surface area contributed by atoms with E-state index in [1.807, 2.05) is 30.3 Å². The molecule has 1 N–H and O–H groups in total. The van der Waals surface area contributed by atoms with Crippen molar-refractivity contribution >= 4 is 17.8 Å². The molecule has 0 saturated carbocycles. The number of amides is 4. The number of carbonyl (C=O) groups excluding carboxylic acids is 3. The molecule has 0 spiro atoms. The van der Waals surface area contributed by atoms with Gasteiger partial charge in [0.25, 0.3) is 0 Å². The second-order valence-corrected chi connectivity index (χ2v) is 4.64. The summed E-state index contributed by atoms with van der Waals surface area (Å²) in [4.78, 5) is 35.4. The van der Waals surface area contributed by atoms with Gasteiger partial charge in [-0.15, -0.1) is 0 Å². The molecule has 0 bridgehead atoms. The molecular formula is C14H16N2O4. The molecule has 1 heterocycles. The predicted molar refractivity (Wildman–Crippen MR) is 70.6 cm³/mol. The predicted octanol–water partition coefficient (Wildman–Crippen LogP) is 1.06. The highest BCUT2D eigenvalue weighted by atomic mass is 16.5. The number of barbiturate groups is 1. The molecule has 4 amide bonds. The van der Waals surface area contributed by atoms with E-state index in [-0.39, 0.29) is 13.0 Å². The van der Waals surface area contributed by atoms with Crippen molar-refractivity contribution in [2.75, 3.05) is 6.61 Å². The standard InChI is InChI=1S/C14H16N2O4/c1-10(8-20-9-11-5-3-2-4-6-11)16-13(18)7-12(17)15-14(16)19/h2-6,10H,7-9H2,1H3,(H,15,17,19). The fraction of sp³-hybridized carbons (Fsp3) is 0.357. The van der Waals surface area contributed by atoms with Gasteiger partial charge in [-0.2, -0.15) is 0 Å². The first-order valence-corrected chi connectivity index (χ1v) is 6.35. The summed E-state index contributed by atoms with van der Waals surface area (Å²) in [7, 11) is 0. The first kappa shape index (κ1) is 14.2. The Hall–Kier alpha value is -2.21. The average Bonchev–Trinajstić information content (AvgIpc) is 2.38. The van der Waals surface area contributed by atoms with Crippen molar-refractivity contribution in [2.24, 2.45) is 0 Å². The Morgan fingerprint density at radius 2 is 1.95 bits per heavy atom. The number of hydrogen-bond acceptors (Lipinski definition) is 4. The van der Waals surface area contributed by atoms with Gasteiger partial charge in [-0.25, -0.2) is 4.79 Å². The Morgan fingerprint density at radius 1 is 1.25 bits per heavy atom. The molecule has 1 unspecified atom stereocenters. The van der Waals surface area contributed by atoms with Crippen molar-refractivity contribution in [1.82, 2.24) is 10.2 Å². The highest BCUT2D eigenvalue weighted by molar-refractivity contribution is 6.14. The molecule has 0 aromatic heterocycles. The molecule has 1 fully saturated rings. The third-order valence-electron chi connectivity index (χ3n) is 2.96. The lowest BCUT2D eigenvalue weighted by atomic mass is 10.2. The van der Waals surface area contributed by atoms with Crippen LogP contribution in [0.1, 0.15) is 18.9 Å². The van der Waals surface area contributed by atoms with Crippen LogP contribution in [-0.2, 0) is 20.9 Å². The Labute approximate surface area is 116 Å². The van der Waals surface area contributed by atoms with Crippen LogP contribution in [0.15, 0.2) is 30.3 Å². The minimum atomic E-state index is -0.679. The molecule has 6 nitrogen and oxygen atoms in total. The Bertz CT molecular complexity index is 495. The smallest absolute Gasteiger partial charge is 0.331 e. The Kier molecular flexibility index (Phi) is 4.47. The summed E-state index contributed by atoms with van der Waals surface area (Å²) < 4.78 is 5.50. The maximum Gasteiger partial charge on any atom is 0.331 e. The fourth-order valence-corrected chi connectivity index (χ4v) is 2.00. The van der Waals surface area contributed by atoms with Gasteiger partial charge in [-0.3, -0.25) is 19.8 Å². The van der Waals surface area contributed by atoms with Gasteiger partial charge < -0.3 is 4.74 Å². The summed E-state index contributed by atoms with van der Waals surface area (Å²) in [5, 5.41) is 2.12. The first-order valence-electron chi connectivity index (χ1n) is 6.35. The molecule has 1 aliphatic rings. The van der Waals surface area contributed by atoms with Crippen LogP contribution in [0.2, 0.25) is 0 Å². The molecule has 106 valence electrons. The van der Waals surface area contributed by atoms with Crippen LogP contribution >= 0.6 is 0 Å². The van der Waals surface area contributed by atoms with Crippen LogP contribution in [0.4, 0.5) is 4.79 Å². The third kappa shape index (κ3) is 3.42. The zero-order valence-electron chi connectivity index (χ0n) is 11.2. The summed E-state index contributed by atoms with van der Waals surface area (Å²) in [5.74, 6) is -1.05. The maximum absolute atomic E-state index is 11.7. The summed E-state index contributed by atoms with van der Waals surface area (Å²) in [6.45, 7) is 2.34. The number of imide groups is 2. The van der Waals surface area contributed by atoms with Gasteiger partial charge in [0.1, 0.15) is 6.42 Å². The minimum Gasteiger partial charge on any atom is -0.375 e. The lowest BCUT2D eigenvalue weighted by Crippen LogP contribution is -2.56. The fourth-order valence-electron chi connectivity index (χ4n) is 2.00.